The molecule has 0 atom stereocenters. The molecule has 0 unspecified atom stereocenters. The van der Waals surface area contributed by atoms with Crippen LogP contribution < -0.4 is 10.6 Å². The van der Waals surface area contributed by atoms with Gasteiger partial charge in [-0.2, -0.15) is 0 Å². The first-order chi connectivity index (χ1) is 10.1. The monoisotopic (exact) mass is 286 g/mol. The van der Waals surface area contributed by atoms with E-state index in [0.717, 1.165) is 5.69 Å². The third kappa shape index (κ3) is 4.57. The van der Waals surface area contributed by atoms with Crippen LogP contribution in [-0.4, -0.2) is 22.5 Å². The van der Waals surface area contributed by atoms with Crippen molar-refractivity contribution in [2.75, 3.05) is 11.9 Å². The van der Waals surface area contributed by atoms with Crippen LogP contribution in [0.3, 0.4) is 0 Å². The van der Waals surface area contributed by atoms with Crippen molar-refractivity contribution < 1.29 is 9.72 Å². The molecule has 0 aliphatic heterocycles. The molecular formula is C14H14N4O3. The van der Waals surface area contributed by atoms with E-state index >= 15 is 0 Å². The molecule has 0 aliphatic rings. The number of carbonyl (C=O) groups is 1. The molecule has 0 radical (unpaired) electrons. The van der Waals surface area contributed by atoms with Crippen molar-refractivity contribution in [3.8, 4) is 0 Å². The number of nitrogens with one attached hydrogen (secondary N) is 2. The Morgan fingerprint density at radius 2 is 2.10 bits per heavy atom. The van der Waals surface area contributed by atoms with Gasteiger partial charge in [0, 0.05) is 42.7 Å². The predicted octanol–water partition coefficient (Wildman–Crippen LogP) is 2.35. The minimum Gasteiger partial charge on any atom is -0.337 e. The summed E-state index contributed by atoms with van der Waals surface area (Å²) in [6.45, 7) is 0.428. The van der Waals surface area contributed by atoms with E-state index in [4.69, 9.17) is 0 Å². The van der Waals surface area contributed by atoms with Gasteiger partial charge in [-0.3, -0.25) is 15.1 Å². The number of rotatable bonds is 5. The van der Waals surface area contributed by atoms with E-state index in [9.17, 15) is 14.9 Å². The molecule has 2 N–H and O–H groups in total. The largest absolute Gasteiger partial charge is 0.337 e. The molecule has 0 bridgehead atoms. The molecule has 108 valence electrons. The summed E-state index contributed by atoms with van der Waals surface area (Å²) in [6.07, 6.45) is 2.31. The zero-order valence-electron chi connectivity index (χ0n) is 11.2. The highest BCUT2D eigenvalue weighted by Crippen LogP contribution is 2.16. The minimum atomic E-state index is -0.510. The van der Waals surface area contributed by atoms with Gasteiger partial charge < -0.3 is 10.6 Å². The number of hydrogen-bond acceptors (Lipinski definition) is 4. The molecule has 1 heterocycles. The van der Waals surface area contributed by atoms with E-state index in [1.807, 2.05) is 18.2 Å². The predicted molar refractivity (Wildman–Crippen MR) is 78.1 cm³/mol. The summed E-state index contributed by atoms with van der Waals surface area (Å²) in [5.74, 6) is 0. The number of pyridine rings is 1. The number of anilines is 1. The topological polar surface area (TPSA) is 97.2 Å². The van der Waals surface area contributed by atoms with Gasteiger partial charge in [0.15, 0.2) is 0 Å². The molecule has 2 amide bonds. The Morgan fingerprint density at radius 1 is 1.24 bits per heavy atom. The van der Waals surface area contributed by atoms with Crippen LogP contribution in [0.4, 0.5) is 16.2 Å². The van der Waals surface area contributed by atoms with Crippen LogP contribution in [0.5, 0.6) is 0 Å². The van der Waals surface area contributed by atoms with Crippen molar-refractivity contribution in [3.63, 3.8) is 0 Å². The highest BCUT2D eigenvalue weighted by Gasteiger charge is 2.07. The fourth-order valence-electron chi connectivity index (χ4n) is 1.72. The Kier molecular flexibility index (Phi) is 4.81. The summed E-state index contributed by atoms with van der Waals surface area (Å²) >= 11 is 0. The lowest BCUT2D eigenvalue weighted by atomic mass is 10.3. The first-order valence-corrected chi connectivity index (χ1v) is 6.34. The summed E-state index contributed by atoms with van der Waals surface area (Å²) in [4.78, 5) is 25.9. The fraction of sp³-hybridized carbons (Fsp3) is 0.143. The smallest absolute Gasteiger partial charge is 0.319 e. The van der Waals surface area contributed by atoms with Crippen LogP contribution in [0.2, 0.25) is 0 Å². The van der Waals surface area contributed by atoms with Crippen LogP contribution in [0.25, 0.3) is 0 Å². The van der Waals surface area contributed by atoms with E-state index in [-0.39, 0.29) is 5.69 Å². The van der Waals surface area contributed by atoms with E-state index in [0.29, 0.717) is 18.7 Å². The maximum Gasteiger partial charge on any atom is 0.319 e. The number of non-ortho nitro benzene ring substituents is 1. The SMILES string of the molecule is O=C(NCCc1ccccn1)Nc1cccc([N+](=O)[O-])c1. The maximum absolute atomic E-state index is 11.7. The molecule has 2 rings (SSSR count). The van der Waals surface area contributed by atoms with Gasteiger partial charge in [0.2, 0.25) is 0 Å². The quantitative estimate of drug-likeness (QED) is 0.651. The molecule has 0 saturated carbocycles. The third-order valence-corrected chi connectivity index (χ3v) is 2.71. The molecule has 0 saturated heterocycles. The first kappa shape index (κ1) is 14.4. The second-order valence-electron chi connectivity index (χ2n) is 4.26. The molecule has 1 aromatic heterocycles. The first-order valence-electron chi connectivity index (χ1n) is 6.34. The lowest BCUT2D eigenvalue weighted by Crippen LogP contribution is -2.30. The lowest BCUT2D eigenvalue weighted by molar-refractivity contribution is -0.384. The van der Waals surface area contributed by atoms with Crippen molar-refractivity contribution in [1.29, 1.82) is 0 Å². The Hall–Kier alpha value is -2.96. The van der Waals surface area contributed by atoms with Gasteiger partial charge in [-0.15, -0.1) is 0 Å². The van der Waals surface area contributed by atoms with Gasteiger partial charge >= 0.3 is 6.03 Å². The van der Waals surface area contributed by atoms with Crippen molar-refractivity contribution in [2.24, 2.45) is 0 Å². The number of nitrogens with zero attached hydrogens (tertiary/aromatic N) is 2. The maximum atomic E-state index is 11.7. The zero-order valence-corrected chi connectivity index (χ0v) is 11.2. The molecule has 7 heteroatoms. The molecule has 21 heavy (non-hydrogen) atoms. The summed E-state index contributed by atoms with van der Waals surface area (Å²) in [5.41, 5.74) is 1.19. The number of nitro groups is 1. The molecule has 0 aliphatic carbocycles. The molecular weight excluding hydrogens is 272 g/mol. The number of carbonyl (C=O) groups excluding carboxylic acids is 1. The average molecular weight is 286 g/mol. The molecule has 0 spiro atoms. The Morgan fingerprint density at radius 3 is 2.81 bits per heavy atom. The number of amides is 2. The van der Waals surface area contributed by atoms with E-state index in [1.165, 1.54) is 18.2 Å². The van der Waals surface area contributed by atoms with E-state index in [1.54, 1.807) is 12.3 Å². The zero-order chi connectivity index (χ0) is 15.1. The number of urea groups is 1. The van der Waals surface area contributed by atoms with Crippen molar-refractivity contribution in [1.82, 2.24) is 10.3 Å². The average Bonchev–Trinajstić information content (AvgIpc) is 2.48. The molecule has 7 nitrogen and oxygen atoms in total. The van der Waals surface area contributed by atoms with Gasteiger partial charge in [-0.1, -0.05) is 12.1 Å². The van der Waals surface area contributed by atoms with Crippen molar-refractivity contribution in [2.45, 2.75) is 6.42 Å². The van der Waals surface area contributed by atoms with Gasteiger partial charge in [0.25, 0.3) is 5.69 Å². The second-order valence-corrected chi connectivity index (χ2v) is 4.26. The highest BCUT2D eigenvalue weighted by molar-refractivity contribution is 5.89. The summed E-state index contributed by atoms with van der Waals surface area (Å²) in [6, 6.07) is 10.9. The number of benzene rings is 1. The van der Waals surface area contributed by atoms with E-state index < -0.39 is 11.0 Å². The van der Waals surface area contributed by atoms with Crippen LogP contribution in [0, 0.1) is 10.1 Å². The third-order valence-electron chi connectivity index (χ3n) is 2.71. The molecule has 1 aromatic carbocycles. The lowest BCUT2D eigenvalue weighted by Gasteiger charge is -2.07. The van der Waals surface area contributed by atoms with Crippen LogP contribution in [-0.2, 0) is 6.42 Å². The van der Waals surface area contributed by atoms with E-state index in [2.05, 4.69) is 15.6 Å². The van der Waals surface area contributed by atoms with Gasteiger partial charge in [0.05, 0.1) is 4.92 Å². The summed E-state index contributed by atoms with van der Waals surface area (Å²) in [5, 5.41) is 15.9. The highest BCUT2D eigenvalue weighted by atomic mass is 16.6. The van der Waals surface area contributed by atoms with Crippen molar-refractivity contribution in [3.05, 3.63) is 64.5 Å². The van der Waals surface area contributed by atoms with Gasteiger partial charge in [-0.05, 0) is 18.2 Å². The van der Waals surface area contributed by atoms with Crippen LogP contribution in [0.1, 0.15) is 5.69 Å². The number of hydrogen-bond donors (Lipinski definition) is 2. The van der Waals surface area contributed by atoms with Gasteiger partial charge in [-0.25, -0.2) is 4.79 Å². The molecule has 0 fully saturated rings. The van der Waals surface area contributed by atoms with Crippen LogP contribution >= 0.6 is 0 Å². The number of nitro benzene ring substituents is 1. The van der Waals surface area contributed by atoms with Gasteiger partial charge in [0.1, 0.15) is 0 Å². The normalized spacial score (nSPS) is 9.90. The number of aromatic nitrogens is 1. The summed E-state index contributed by atoms with van der Waals surface area (Å²) < 4.78 is 0. The van der Waals surface area contributed by atoms with Crippen LogP contribution in [0.15, 0.2) is 48.7 Å². The second kappa shape index (κ2) is 6.99. The minimum absolute atomic E-state index is 0.0683. The Labute approximate surface area is 121 Å². The Bertz CT molecular complexity index is 631. The summed E-state index contributed by atoms with van der Waals surface area (Å²) in [7, 11) is 0. The standard InChI is InChI=1S/C14H14N4O3/c19-14(16-9-7-11-4-1-2-8-15-11)17-12-5-3-6-13(10-12)18(20)21/h1-6,8,10H,7,9H2,(H2,16,17,19). The van der Waals surface area contributed by atoms with Crippen molar-refractivity contribution >= 4 is 17.4 Å². The Balaban J connectivity index is 1.82. The fourth-order valence-corrected chi connectivity index (χ4v) is 1.72. The molecule has 2 aromatic rings.